The van der Waals surface area contributed by atoms with Crippen molar-refractivity contribution in [2.75, 3.05) is 0 Å². The molecule has 1 aliphatic rings. The lowest BCUT2D eigenvalue weighted by Crippen LogP contribution is -2.35. The second-order valence-corrected chi connectivity index (χ2v) is 5.98. The van der Waals surface area contributed by atoms with Crippen molar-refractivity contribution in [2.24, 2.45) is 0 Å². The quantitative estimate of drug-likeness (QED) is 0.738. The zero-order valence-corrected chi connectivity index (χ0v) is 13.4. The Hall–Kier alpha value is -2.43. The lowest BCUT2D eigenvalue weighted by atomic mass is 10.0. The van der Waals surface area contributed by atoms with Crippen LogP contribution in [0.2, 0.25) is 0 Å². The van der Waals surface area contributed by atoms with E-state index in [1.54, 1.807) is 0 Å². The van der Waals surface area contributed by atoms with Crippen molar-refractivity contribution in [3.63, 3.8) is 0 Å². The van der Waals surface area contributed by atoms with Gasteiger partial charge in [-0.2, -0.15) is 13.2 Å². The number of halogens is 3. The lowest BCUT2D eigenvalue weighted by Gasteiger charge is -2.37. The van der Waals surface area contributed by atoms with E-state index in [1.165, 1.54) is 12.1 Å². The summed E-state index contributed by atoms with van der Waals surface area (Å²) in [6.45, 7) is 4.09. The molecule has 0 amide bonds. The first-order valence-electron chi connectivity index (χ1n) is 7.75. The van der Waals surface area contributed by atoms with E-state index in [1.807, 2.05) is 55.3 Å². The minimum Gasteiger partial charge on any atom is -0.466 e. The van der Waals surface area contributed by atoms with Gasteiger partial charge >= 0.3 is 6.18 Å². The van der Waals surface area contributed by atoms with E-state index in [2.05, 4.69) is 0 Å². The van der Waals surface area contributed by atoms with Crippen molar-refractivity contribution >= 4 is 6.08 Å². The molecule has 0 N–H and O–H groups in total. The fourth-order valence-corrected chi connectivity index (χ4v) is 2.71. The first-order chi connectivity index (χ1) is 11.4. The first-order valence-corrected chi connectivity index (χ1v) is 7.75. The monoisotopic (exact) mass is 333 g/mol. The minimum atomic E-state index is -4.34. The van der Waals surface area contributed by atoms with E-state index in [0.717, 1.165) is 23.3 Å². The molecule has 2 aromatic carbocycles. The highest BCUT2D eigenvalue weighted by Crippen LogP contribution is 2.35. The van der Waals surface area contributed by atoms with Crippen LogP contribution in [0.15, 0.2) is 54.7 Å². The van der Waals surface area contributed by atoms with Crippen LogP contribution in [0.25, 0.3) is 6.08 Å². The van der Waals surface area contributed by atoms with Crippen LogP contribution < -0.4 is 4.74 Å². The van der Waals surface area contributed by atoms with Crippen LogP contribution in [0.5, 0.6) is 5.75 Å². The Morgan fingerprint density at radius 3 is 2.29 bits per heavy atom. The molecule has 1 heterocycles. The van der Waals surface area contributed by atoms with Gasteiger partial charge in [-0.25, -0.2) is 0 Å². The largest absolute Gasteiger partial charge is 0.466 e. The van der Waals surface area contributed by atoms with Gasteiger partial charge < -0.3 is 9.64 Å². The summed E-state index contributed by atoms with van der Waals surface area (Å²) >= 11 is 0. The Labute approximate surface area is 139 Å². The molecule has 1 unspecified atom stereocenters. The van der Waals surface area contributed by atoms with Crippen LogP contribution in [-0.4, -0.2) is 10.9 Å². The van der Waals surface area contributed by atoms with Gasteiger partial charge in [0, 0.05) is 17.8 Å². The summed E-state index contributed by atoms with van der Waals surface area (Å²) in [6.07, 6.45) is -0.741. The second-order valence-electron chi connectivity index (χ2n) is 5.98. The fourth-order valence-electron chi connectivity index (χ4n) is 2.71. The highest BCUT2D eigenvalue weighted by atomic mass is 19.4. The zero-order chi connectivity index (χ0) is 17.3. The van der Waals surface area contributed by atoms with Crippen LogP contribution in [0.1, 0.15) is 36.8 Å². The zero-order valence-electron chi connectivity index (χ0n) is 13.4. The van der Waals surface area contributed by atoms with E-state index < -0.39 is 11.7 Å². The summed E-state index contributed by atoms with van der Waals surface area (Å²) < 4.78 is 44.1. The molecule has 0 spiro atoms. The van der Waals surface area contributed by atoms with Gasteiger partial charge in [-0.1, -0.05) is 24.3 Å². The Kier molecular flexibility index (Phi) is 4.26. The van der Waals surface area contributed by atoms with Crippen molar-refractivity contribution in [3.8, 4) is 5.75 Å². The maximum Gasteiger partial charge on any atom is 0.416 e. The number of nitrogens with zero attached hydrogens (tertiary/aromatic N) is 1. The molecule has 2 nitrogen and oxygen atoms in total. The molecule has 5 heteroatoms. The van der Waals surface area contributed by atoms with Gasteiger partial charge in [0.2, 0.25) is 0 Å². The minimum absolute atomic E-state index is 0.189. The van der Waals surface area contributed by atoms with Gasteiger partial charge in [0.05, 0.1) is 5.56 Å². The molecule has 2 aromatic rings. The fraction of sp³-hybridized carbons (Fsp3) is 0.263. The number of fused-ring (bicyclic) bond motifs is 1. The molecule has 0 aliphatic carbocycles. The molecule has 0 saturated carbocycles. The summed E-state index contributed by atoms with van der Waals surface area (Å²) in [7, 11) is 0. The van der Waals surface area contributed by atoms with Crippen LogP contribution in [-0.2, 0) is 6.18 Å². The first kappa shape index (κ1) is 16.4. The Morgan fingerprint density at radius 1 is 1.00 bits per heavy atom. The standard InChI is InChI=1S/C19H18F3NO/c1-13(2)23-12-11-14-5-3-4-6-17(14)18(23)24-16-9-7-15(8-10-16)19(20,21)22/h3-13,18H,1-2H3. The number of hydrogen-bond acceptors (Lipinski definition) is 2. The number of hydrogen-bond donors (Lipinski definition) is 0. The molecule has 0 saturated heterocycles. The smallest absolute Gasteiger partial charge is 0.416 e. The maximum absolute atomic E-state index is 12.7. The molecule has 0 fully saturated rings. The van der Waals surface area contributed by atoms with Crippen molar-refractivity contribution in [2.45, 2.75) is 32.3 Å². The molecule has 126 valence electrons. The molecule has 1 aliphatic heterocycles. The van der Waals surface area contributed by atoms with Crippen LogP contribution in [0.4, 0.5) is 13.2 Å². The van der Waals surface area contributed by atoms with Gasteiger partial charge in [-0.3, -0.25) is 0 Å². The second kappa shape index (κ2) is 6.23. The SMILES string of the molecule is CC(C)N1C=Cc2ccccc2C1Oc1ccc(C(F)(F)F)cc1. The normalized spacial score (nSPS) is 17.1. The summed E-state index contributed by atoms with van der Waals surface area (Å²) in [6, 6.07) is 12.8. The van der Waals surface area contributed by atoms with E-state index >= 15 is 0 Å². The third-order valence-corrected chi connectivity index (χ3v) is 3.98. The highest BCUT2D eigenvalue weighted by Gasteiger charge is 2.31. The van der Waals surface area contributed by atoms with E-state index in [4.69, 9.17) is 4.74 Å². The summed E-state index contributed by atoms with van der Waals surface area (Å²) in [5.41, 5.74) is 1.36. The van der Waals surface area contributed by atoms with Gasteiger partial charge in [0.25, 0.3) is 0 Å². The molecule has 0 bridgehead atoms. The van der Waals surface area contributed by atoms with Crippen LogP contribution in [0.3, 0.4) is 0 Å². The van der Waals surface area contributed by atoms with Crippen molar-refractivity contribution in [1.29, 1.82) is 0 Å². The van der Waals surface area contributed by atoms with Crippen LogP contribution in [0, 0.1) is 0 Å². The predicted octanol–water partition coefficient (Wildman–Crippen LogP) is 5.48. The van der Waals surface area contributed by atoms with Gasteiger partial charge in [-0.15, -0.1) is 0 Å². The van der Waals surface area contributed by atoms with Crippen molar-refractivity contribution in [3.05, 3.63) is 71.4 Å². The van der Waals surface area contributed by atoms with E-state index in [-0.39, 0.29) is 12.3 Å². The maximum atomic E-state index is 12.7. The molecule has 24 heavy (non-hydrogen) atoms. The van der Waals surface area contributed by atoms with E-state index in [0.29, 0.717) is 5.75 Å². The molecular formula is C19H18F3NO. The topological polar surface area (TPSA) is 12.5 Å². The van der Waals surface area contributed by atoms with E-state index in [9.17, 15) is 13.2 Å². The van der Waals surface area contributed by atoms with Gasteiger partial charge in [-0.05, 0) is 49.8 Å². The Morgan fingerprint density at radius 2 is 1.67 bits per heavy atom. The molecule has 0 radical (unpaired) electrons. The molecule has 3 rings (SSSR count). The Balaban J connectivity index is 1.90. The summed E-state index contributed by atoms with van der Waals surface area (Å²) in [5, 5.41) is 0. The van der Waals surface area contributed by atoms with Crippen LogP contribution >= 0.6 is 0 Å². The third kappa shape index (κ3) is 3.25. The number of rotatable bonds is 3. The highest BCUT2D eigenvalue weighted by molar-refractivity contribution is 5.56. The van der Waals surface area contributed by atoms with Gasteiger partial charge in [0.1, 0.15) is 5.75 Å². The third-order valence-electron chi connectivity index (χ3n) is 3.98. The van der Waals surface area contributed by atoms with Gasteiger partial charge in [0.15, 0.2) is 6.23 Å². The number of ether oxygens (including phenoxy) is 1. The molecule has 0 aromatic heterocycles. The summed E-state index contributed by atoms with van der Waals surface area (Å²) in [4.78, 5) is 2.04. The lowest BCUT2D eigenvalue weighted by molar-refractivity contribution is -0.137. The average molecular weight is 333 g/mol. The molecular weight excluding hydrogens is 315 g/mol. The average Bonchev–Trinajstić information content (AvgIpc) is 2.54. The summed E-state index contributed by atoms with van der Waals surface area (Å²) in [5.74, 6) is 0.406. The number of alkyl halides is 3. The number of benzene rings is 2. The van der Waals surface area contributed by atoms with Crippen molar-refractivity contribution in [1.82, 2.24) is 4.90 Å². The Bertz CT molecular complexity index is 735. The molecule has 1 atom stereocenters. The predicted molar refractivity (Wildman–Crippen MR) is 87.3 cm³/mol. The van der Waals surface area contributed by atoms with Crippen molar-refractivity contribution < 1.29 is 17.9 Å².